The van der Waals surface area contributed by atoms with Crippen molar-refractivity contribution >= 4 is 18.3 Å². The van der Waals surface area contributed by atoms with Gasteiger partial charge in [-0.3, -0.25) is 4.79 Å². The predicted octanol–water partition coefficient (Wildman–Crippen LogP) is 3.35. The average molecular weight is 317 g/mol. The van der Waals surface area contributed by atoms with Gasteiger partial charge in [0.15, 0.2) is 0 Å². The smallest absolute Gasteiger partial charge is 0.250 e. The molecule has 2 heterocycles. The van der Waals surface area contributed by atoms with Gasteiger partial charge >= 0.3 is 0 Å². The lowest BCUT2D eigenvalue weighted by Gasteiger charge is -2.27. The second-order valence-electron chi connectivity index (χ2n) is 5.63. The molecule has 0 saturated carbocycles. The SMILES string of the molecule is Cl.O=C(C1=C(C#Cc2ccccn2)CCC1)N1CCCCC1. The number of rotatable bonds is 1. The summed E-state index contributed by atoms with van der Waals surface area (Å²) in [6, 6.07) is 5.71. The Balaban J connectivity index is 0.00000176. The molecule has 0 spiro atoms. The summed E-state index contributed by atoms with van der Waals surface area (Å²) < 4.78 is 0. The van der Waals surface area contributed by atoms with Crippen molar-refractivity contribution in [2.75, 3.05) is 13.1 Å². The van der Waals surface area contributed by atoms with E-state index in [9.17, 15) is 4.79 Å². The fourth-order valence-electron chi connectivity index (χ4n) is 2.98. The Morgan fingerprint density at radius 1 is 1.05 bits per heavy atom. The van der Waals surface area contributed by atoms with Crippen LogP contribution in [0.1, 0.15) is 44.2 Å². The van der Waals surface area contributed by atoms with Crippen LogP contribution in [0.25, 0.3) is 0 Å². The third kappa shape index (κ3) is 3.90. The number of amides is 1. The van der Waals surface area contributed by atoms with Gasteiger partial charge in [0.05, 0.1) is 0 Å². The number of hydrogen-bond donors (Lipinski definition) is 0. The van der Waals surface area contributed by atoms with E-state index in [4.69, 9.17) is 0 Å². The van der Waals surface area contributed by atoms with Crippen LogP contribution in [-0.2, 0) is 4.79 Å². The molecule has 1 aromatic heterocycles. The summed E-state index contributed by atoms with van der Waals surface area (Å²) in [6.45, 7) is 1.81. The van der Waals surface area contributed by atoms with E-state index in [-0.39, 0.29) is 18.3 Å². The number of likely N-dealkylation sites (tertiary alicyclic amines) is 1. The largest absolute Gasteiger partial charge is 0.339 e. The number of hydrogen-bond acceptors (Lipinski definition) is 2. The summed E-state index contributed by atoms with van der Waals surface area (Å²) in [5.41, 5.74) is 2.73. The zero-order valence-electron chi connectivity index (χ0n) is 12.7. The number of carbonyl (C=O) groups is 1. The molecule has 4 heteroatoms. The summed E-state index contributed by atoms with van der Waals surface area (Å²) in [5, 5.41) is 0. The van der Waals surface area contributed by atoms with Gasteiger partial charge in [-0.05, 0) is 56.6 Å². The van der Waals surface area contributed by atoms with Crippen LogP contribution in [0.5, 0.6) is 0 Å². The highest BCUT2D eigenvalue weighted by atomic mass is 35.5. The maximum Gasteiger partial charge on any atom is 0.250 e. The van der Waals surface area contributed by atoms with Gasteiger partial charge in [-0.2, -0.15) is 0 Å². The van der Waals surface area contributed by atoms with Crippen molar-refractivity contribution in [3.05, 3.63) is 41.2 Å². The standard InChI is InChI=1S/C18H20N2O.ClH/c21-18(20-13-4-1-5-14-20)17-9-6-7-15(17)10-11-16-8-2-3-12-19-16;/h2-3,8,12H,1,4-7,9,13-14H2;1H. The number of carbonyl (C=O) groups excluding carboxylic acids is 1. The first-order chi connectivity index (χ1) is 10.3. The molecule has 0 atom stereocenters. The topological polar surface area (TPSA) is 33.2 Å². The molecule has 0 bridgehead atoms. The third-order valence-corrected chi connectivity index (χ3v) is 4.13. The number of aromatic nitrogens is 1. The quantitative estimate of drug-likeness (QED) is 0.744. The Labute approximate surface area is 138 Å². The van der Waals surface area contributed by atoms with Gasteiger partial charge in [0.1, 0.15) is 5.69 Å². The van der Waals surface area contributed by atoms with Crippen LogP contribution >= 0.6 is 12.4 Å². The van der Waals surface area contributed by atoms with E-state index in [1.165, 1.54) is 6.42 Å². The van der Waals surface area contributed by atoms with Gasteiger partial charge in [-0.25, -0.2) is 4.98 Å². The lowest BCUT2D eigenvalue weighted by atomic mass is 10.1. The minimum Gasteiger partial charge on any atom is -0.339 e. The van der Waals surface area contributed by atoms with Gasteiger partial charge in [-0.1, -0.05) is 12.0 Å². The van der Waals surface area contributed by atoms with Gasteiger partial charge in [0.25, 0.3) is 5.91 Å². The monoisotopic (exact) mass is 316 g/mol. The first-order valence-corrected chi connectivity index (χ1v) is 7.79. The molecule has 1 fully saturated rings. The van der Waals surface area contributed by atoms with Crippen molar-refractivity contribution in [1.29, 1.82) is 0 Å². The number of allylic oxidation sites excluding steroid dienone is 1. The maximum absolute atomic E-state index is 12.6. The summed E-state index contributed by atoms with van der Waals surface area (Å²) in [4.78, 5) is 18.8. The predicted molar refractivity (Wildman–Crippen MR) is 89.7 cm³/mol. The average Bonchev–Trinajstić information content (AvgIpc) is 3.02. The van der Waals surface area contributed by atoms with Gasteiger partial charge in [0, 0.05) is 30.4 Å². The minimum atomic E-state index is 0. The van der Waals surface area contributed by atoms with E-state index in [1.54, 1.807) is 6.20 Å². The normalized spacial score (nSPS) is 17.5. The molecular weight excluding hydrogens is 296 g/mol. The highest BCUT2D eigenvalue weighted by Crippen LogP contribution is 2.28. The van der Waals surface area contributed by atoms with Gasteiger partial charge in [0.2, 0.25) is 0 Å². The number of nitrogens with zero attached hydrogens (tertiary/aromatic N) is 2. The molecule has 116 valence electrons. The molecule has 0 radical (unpaired) electrons. The highest BCUT2D eigenvalue weighted by molar-refractivity contribution is 5.95. The molecule has 22 heavy (non-hydrogen) atoms. The molecule has 0 N–H and O–H groups in total. The Bertz CT molecular complexity index is 607. The fourth-order valence-corrected chi connectivity index (χ4v) is 2.98. The van der Waals surface area contributed by atoms with Crippen LogP contribution in [0.15, 0.2) is 35.5 Å². The first-order valence-electron chi connectivity index (χ1n) is 7.79. The molecular formula is C18H21ClN2O. The molecule has 1 aliphatic heterocycles. The molecule has 3 rings (SSSR count). The number of piperidine rings is 1. The third-order valence-electron chi connectivity index (χ3n) is 4.13. The molecule has 2 aliphatic rings. The minimum absolute atomic E-state index is 0. The second kappa shape index (κ2) is 8.00. The van der Waals surface area contributed by atoms with Crippen LogP contribution in [0, 0.1) is 11.8 Å². The van der Waals surface area contributed by atoms with Crippen molar-refractivity contribution in [3.8, 4) is 11.8 Å². The summed E-state index contributed by atoms with van der Waals surface area (Å²) in [7, 11) is 0. The Morgan fingerprint density at radius 3 is 2.59 bits per heavy atom. The van der Waals surface area contributed by atoms with E-state index in [1.807, 2.05) is 23.1 Å². The number of pyridine rings is 1. The highest BCUT2D eigenvalue weighted by Gasteiger charge is 2.25. The van der Waals surface area contributed by atoms with E-state index >= 15 is 0 Å². The van der Waals surface area contributed by atoms with Crippen LogP contribution in [0.3, 0.4) is 0 Å². The maximum atomic E-state index is 12.6. The molecule has 1 aromatic rings. The van der Waals surface area contributed by atoms with E-state index in [0.717, 1.165) is 62.0 Å². The Morgan fingerprint density at radius 2 is 1.86 bits per heavy atom. The Hall–Kier alpha value is -1.79. The lowest BCUT2D eigenvalue weighted by molar-refractivity contribution is -0.128. The molecule has 3 nitrogen and oxygen atoms in total. The molecule has 1 saturated heterocycles. The molecule has 0 unspecified atom stereocenters. The van der Waals surface area contributed by atoms with Gasteiger partial charge < -0.3 is 4.90 Å². The molecule has 0 aromatic carbocycles. The zero-order valence-corrected chi connectivity index (χ0v) is 13.5. The van der Waals surface area contributed by atoms with Crippen LogP contribution in [0.4, 0.5) is 0 Å². The molecule has 1 amide bonds. The van der Waals surface area contributed by atoms with Crippen molar-refractivity contribution in [2.45, 2.75) is 38.5 Å². The van der Waals surface area contributed by atoms with Crippen LogP contribution < -0.4 is 0 Å². The zero-order chi connectivity index (χ0) is 14.5. The molecule has 1 aliphatic carbocycles. The van der Waals surface area contributed by atoms with Crippen molar-refractivity contribution in [3.63, 3.8) is 0 Å². The van der Waals surface area contributed by atoms with Crippen molar-refractivity contribution in [2.24, 2.45) is 0 Å². The first kappa shape index (κ1) is 16.6. The van der Waals surface area contributed by atoms with Crippen LogP contribution in [-0.4, -0.2) is 28.9 Å². The Kier molecular flexibility index (Phi) is 6.03. The second-order valence-corrected chi connectivity index (χ2v) is 5.63. The lowest BCUT2D eigenvalue weighted by Crippen LogP contribution is -2.36. The van der Waals surface area contributed by atoms with Crippen molar-refractivity contribution < 1.29 is 4.79 Å². The van der Waals surface area contributed by atoms with E-state index in [0.29, 0.717) is 0 Å². The van der Waals surface area contributed by atoms with Gasteiger partial charge in [-0.15, -0.1) is 12.4 Å². The van der Waals surface area contributed by atoms with Crippen molar-refractivity contribution in [1.82, 2.24) is 9.88 Å². The van der Waals surface area contributed by atoms with E-state index < -0.39 is 0 Å². The number of halogens is 1. The summed E-state index contributed by atoms with van der Waals surface area (Å²) >= 11 is 0. The fraction of sp³-hybridized carbons (Fsp3) is 0.444. The van der Waals surface area contributed by atoms with E-state index in [2.05, 4.69) is 16.8 Å². The van der Waals surface area contributed by atoms with Crippen LogP contribution in [0.2, 0.25) is 0 Å². The summed E-state index contributed by atoms with van der Waals surface area (Å²) in [5.74, 6) is 6.49. The summed E-state index contributed by atoms with van der Waals surface area (Å²) in [6.07, 6.45) is 8.10.